The van der Waals surface area contributed by atoms with Crippen LogP contribution in [-0.2, 0) is 11.2 Å². The highest BCUT2D eigenvalue weighted by Gasteiger charge is 2.38. The van der Waals surface area contributed by atoms with Crippen molar-refractivity contribution < 1.29 is 9.72 Å². The first-order valence-corrected chi connectivity index (χ1v) is 8.76. The van der Waals surface area contributed by atoms with Crippen LogP contribution in [0.15, 0.2) is 42.5 Å². The number of carbonyl (C=O) groups excluding carboxylic acids is 1. The van der Waals surface area contributed by atoms with Crippen LogP contribution in [-0.4, -0.2) is 30.0 Å². The first-order chi connectivity index (χ1) is 12.6. The topological polar surface area (TPSA) is 92.7 Å². The van der Waals surface area contributed by atoms with E-state index in [9.17, 15) is 14.9 Å². The van der Waals surface area contributed by atoms with Crippen LogP contribution in [0, 0.1) is 10.1 Å². The van der Waals surface area contributed by atoms with Gasteiger partial charge in [-0.2, -0.15) is 0 Å². The number of rotatable bonds is 3. The molecule has 1 amide bonds. The normalized spacial score (nSPS) is 19.5. The number of amides is 1. The zero-order valence-electron chi connectivity index (χ0n) is 14.3. The molecule has 2 aliphatic rings. The van der Waals surface area contributed by atoms with Crippen molar-refractivity contribution in [2.45, 2.75) is 25.3 Å². The van der Waals surface area contributed by atoms with E-state index in [0.717, 1.165) is 36.3 Å². The van der Waals surface area contributed by atoms with Crippen molar-refractivity contribution in [2.75, 3.05) is 28.6 Å². The summed E-state index contributed by atoms with van der Waals surface area (Å²) in [7, 11) is 0. The molecule has 4 rings (SSSR count). The highest BCUT2D eigenvalue weighted by atomic mass is 16.6. The molecule has 26 heavy (non-hydrogen) atoms. The van der Waals surface area contributed by atoms with Gasteiger partial charge in [-0.25, -0.2) is 0 Å². The van der Waals surface area contributed by atoms with E-state index in [1.54, 1.807) is 17.0 Å². The molecule has 2 aliphatic heterocycles. The average molecular weight is 352 g/mol. The fraction of sp³-hybridized carbons (Fsp3) is 0.316. The van der Waals surface area contributed by atoms with Crippen LogP contribution < -0.4 is 15.5 Å². The first-order valence-electron chi connectivity index (χ1n) is 8.76. The van der Waals surface area contributed by atoms with E-state index in [4.69, 9.17) is 5.73 Å². The largest absolute Gasteiger partial charge is 0.398 e. The van der Waals surface area contributed by atoms with E-state index in [2.05, 4.69) is 4.90 Å². The molecule has 1 unspecified atom stereocenters. The molecular formula is C19H20N4O3. The van der Waals surface area contributed by atoms with Crippen LogP contribution in [0.4, 0.5) is 22.7 Å². The number of anilines is 3. The molecule has 7 nitrogen and oxygen atoms in total. The Labute approximate surface area is 151 Å². The minimum absolute atomic E-state index is 0.00478. The highest BCUT2D eigenvalue weighted by molar-refractivity contribution is 6.01. The summed E-state index contributed by atoms with van der Waals surface area (Å²) in [4.78, 5) is 27.4. The minimum Gasteiger partial charge on any atom is -0.398 e. The lowest BCUT2D eigenvalue weighted by Crippen LogP contribution is -2.44. The molecule has 2 aromatic rings. The van der Waals surface area contributed by atoms with E-state index < -0.39 is 4.92 Å². The van der Waals surface area contributed by atoms with Crippen molar-refractivity contribution in [2.24, 2.45) is 0 Å². The summed E-state index contributed by atoms with van der Waals surface area (Å²) >= 11 is 0. The highest BCUT2D eigenvalue weighted by Crippen LogP contribution is 2.36. The van der Waals surface area contributed by atoms with Gasteiger partial charge in [-0.3, -0.25) is 14.9 Å². The van der Waals surface area contributed by atoms with E-state index in [0.29, 0.717) is 18.7 Å². The number of nitro benzene ring substituents is 1. The third-order valence-corrected chi connectivity index (χ3v) is 5.23. The summed E-state index contributed by atoms with van der Waals surface area (Å²) in [6.07, 6.45) is 2.57. The number of hydrogen-bond donors (Lipinski definition) is 1. The number of non-ortho nitro benzene ring substituents is 1. The predicted octanol–water partition coefficient (Wildman–Crippen LogP) is 2.74. The molecule has 0 spiro atoms. The molecular weight excluding hydrogens is 332 g/mol. The van der Waals surface area contributed by atoms with Crippen molar-refractivity contribution in [3.05, 3.63) is 58.1 Å². The van der Waals surface area contributed by atoms with E-state index >= 15 is 0 Å². The maximum Gasteiger partial charge on any atom is 0.271 e. The number of nitrogen functional groups attached to an aromatic ring is 1. The van der Waals surface area contributed by atoms with Gasteiger partial charge in [-0.05, 0) is 43.0 Å². The Morgan fingerprint density at radius 3 is 2.77 bits per heavy atom. The second-order valence-corrected chi connectivity index (χ2v) is 6.71. The summed E-state index contributed by atoms with van der Waals surface area (Å²) < 4.78 is 0. The zero-order valence-corrected chi connectivity index (χ0v) is 14.3. The van der Waals surface area contributed by atoms with Gasteiger partial charge < -0.3 is 15.5 Å². The van der Waals surface area contributed by atoms with Gasteiger partial charge in [0.25, 0.3) is 5.69 Å². The lowest BCUT2D eigenvalue weighted by atomic mass is 9.98. The lowest BCUT2D eigenvalue weighted by Gasteiger charge is -2.35. The number of benzene rings is 2. The molecule has 2 heterocycles. The number of carbonyl (C=O) groups is 1. The zero-order chi connectivity index (χ0) is 18.3. The molecule has 0 radical (unpaired) electrons. The smallest absolute Gasteiger partial charge is 0.271 e. The minimum atomic E-state index is -0.439. The van der Waals surface area contributed by atoms with E-state index in [1.807, 2.05) is 18.2 Å². The number of nitro groups is 1. The van der Waals surface area contributed by atoms with Crippen LogP contribution in [0.2, 0.25) is 0 Å². The van der Waals surface area contributed by atoms with E-state index in [-0.39, 0.29) is 17.6 Å². The van der Waals surface area contributed by atoms with Crippen molar-refractivity contribution in [1.82, 2.24) is 0 Å². The van der Waals surface area contributed by atoms with E-state index in [1.165, 1.54) is 12.1 Å². The summed E-state index contributed by atoms with van der Waals surface area (Å²) in [5.74, 6) is -0.0132. The molecule has 7 heteroatoms. The van der Waals surface area contributed by atoms with Gasteiger partial charge >= 0.3 is 0 Å². The Morgan fingerprint density at radius 2 is 1.96 bits per heavy atom. The number of fused-ring (bicyclic) bond motifs is 1. The molecule has 0 bridgehead atoms. The van der Waals surface area contributed by atoms with Crippen molar-refractivity contribution in [3.63, 3.8) is 0 Å². The number of nitrogens with two attached hydrogens (primary N) is 1. The summed E-state index contributed by atoms with van der Waals surface area (Å²) in [5, 5.41) is 11.0. The van der Waals surface area contributed by atoms with Crippen LogP contribution in [0.5, 0.6) is 0 Å². The molecule has 2 aromatic carbocycles. The summed E-state index contributed by atoms with van der Waals surface area (Å²) in [5.41, 5.74) is 9.61. The van der Waals surface area contributed by atoms with Gasteiger partial charge in [0, 0.05) is 36.6 Å². The maximum atomic E-state index is 13.1. The van der Waals surface area contributed by atoms with Crippen LogP contribution in [0.25, 0.3) is 0 Å². The summed E-state index contributed by atoms with van der Waals surface area (Å²) in [6, 6.07) is 11.8. The van der Waals surface area contributed by atoms with Gasteiger partial charge in [0.1, 0.15) is 6.04 Å². The summed E-state index contributed by atoms with van der Waals surface area (Å²) in [6.45, 7) is 1.37. The molecule has 0 aromatic heterocycles. The van der Waals surface area contributed by atoms with Gasteiger partial charge in [0.2, 0.25) is 5.91 Å². The fourth-order valence-electron chi connectivity index (χ4n) is 3.99. The standard InChI is InChI=1S/C19H20N4O3/c20-16-7-2-8-17-15(16)6-3-10-22(17)18-9-11-21(19(18)24)13-4-1-5-14(12-13)23(25)26/h1-2,4-5,7-8,12,18H,3,6,9-11,20H2. The lowest BCUT2D eigenvalue weighted by molar-refractivity contribution is -0.384. The van der Waals surface area contributed by atoms with Crippen molar-refractivity contribution >= 4 is 28.7 Å². The Morgan fingerprint density at radius 1 is 1.15 bits per heavy atom. The van der Waals surface area contributed by atoms with Gasteiger partial charge in [-0.1, -0.05) is 12.1 Å². The maximum absolute atomic E-state index is 13.1. The quantitative estimate of drug-likeness (QED) is 0.521. The third-order valence-electron chi connectivity index (χ3n) is 5.23. The number of nitrogens with zero attached hydrogens (tertiary/aromatic N) is 3. The molecule has 134 valence electrons. The molecule has 0 saturated carbocycles. The van der Waals surface area contributed by atoms with Crippen LogP contribution in [0.3, 0.4) is 0 Å². The molecule has 1 fully saturated rings. The van der Waals surface area contributed by atoms with Crippen LogP contribution >= 0.6 is 0 Å². The second kappa shape index (κ2) is 6.33. The molecule has 1 atom stereocenters. The van der Waals surface area contributed by atoms with Crippen molar-refractivity contribution in [1.29, 1.82) is 0 Å². The molecule has 1 saturated heterocycles. The Hall–Kier alpha value is -3.09. The second-order valence-electron chi connectivity index (χ2n) is 6.71. The van der Waals surface area contributed by atoms with Gasteiger partial charge in [-0.15, -0.1) is 0 Å². The van der Waals surface area contributed by atoms with Gasteiger partial charge in [0.05, 0.1) is 10.6 Å². The van der Waals surface area contributed by atoms with Crippen LogP contribution in [0.1, 0.15) is 18.4 Å². The Balaban J connectivity index is 1.62. The average Bonchev–Trinajstić information content (AvgIpc) is 3.03. The Bertz CT molecular complexity index is 883. The fourth-order valence-corrected chi connectivity index (χ4v) is 3.99. The molecule has 2 N–H and O–H groups in total. The first kappa shape index (κ1) is 16.4. The molecule has 0 aliphatic carbocycles. The SMILES string of the molecule is Nc1cccc2c1CCCN2C1CCN(c2cccc([N+](=O)[O-])c2)C1=O. The predicted molar refractivity (Wildman–Crippen MR) is 100 cm³/mol. The van der Waals surface area contributed by atoms with Gasteiger partial charge in [0.15, 0.2) is 0 Å². The van der Waals surface area contributed by atoms with Crippen molar-refractivity contribution in [3.8, 4) is 0 Å². The number of hydrogen-bond acceptors (Lipinski definition) is 5. The third kappa shape index (κ3) is 2.65. The Kier molecular flexibility index (Phi) is 3.99. The monoisotopic (exact) mass is 352 g/mol.